The van der Waals surface area contributed by atoms with Gasteiger partial charge >= 0.3 is 0 Å². The van der Waals surface area contributed by atoms with Gasteiger partial charge in [0.2, 0.25) is 0 Å². The molecule has 32 heavy (non-hydrogen) atoms. The number of ether oxygens (including phenoxy) is 2. The Morgan fingerprint density at radius 2 is 1.78 bits per heavy atom. The SMILES string of the molecule is COc1cc(-c2c(C#N)c(N)[nH]c(=O)c2C#N)ccc1OCC(=O)Nc1ccc(C)cc1. The number of methoxy groups -OCH3 is 1. The minimum Gasteiger partial charge on any atom is -0.493 e. The summed E-state index contributed by atoms with van der Waals surface area (Å²) in [5.41, 5.74) is 6.96. The van der Waals surface area contributed by atoms with Gasteiger partial charge in [0.25, 0.3) is 11.5 Å². The van der Waals surface area contributed by atoms with Crippen molar-refractivity contribution in [2.24, 2.45) is 0 Å². The molecular weight excluding hydrogens is 410 g/mol. The van der Waals surface area contributed by atoms with Gasteiger partial charge in [-0.1, -0.05) is 23.8 Å². The van der Waals surface area contributed by atoms with Gasteiger partial charge < -0.3 is 25.5 Å². The van der Waals surface area contributed by atoms with Crippen LogP contribution in [0.1, 0.15) is 16.7 Å². The Hall–Kier alpha value is -4.76. The number of rotatable bonds is 6. The minimum atomic E-state index is -0.703. The van der Waals surface area contributed by atoms with Crippen molar-refractivity contribution >= 4 is 17.4 Å². The molecule has 0 atom stereocenters. The summed E-state index contributed by atoms with van der Waals surface area (Å²) < 4.78 is 10.9. The highest BCUT2D eigenvalue weighted by Crippen LogP contribution is 2.35. The normalized spacial score (nSPS) is 10.0. The summed E-state index contributed by atoms with van der Waals surface area (Å²) in [7, 11) is 1.40. The summed E-state index contributed by atoms with van der Waals surface area (Å²) in [6.07, 6.45) is 0. The quantitative estimate of drug-likeness (QED) is 0.544. The fourth-order valence-electron chi connectivity index (χ4n) is 3.05. The lowest BCUT2D eigenvalue weighted by molar-refractivity contribution is -0.118. The van der Waals surface area contributed by atoms with Crippen LogP contribution in [0.2, 0.25) is 0 Å². The Labute approximate surface area is 183 Å². The number of benzene rings is 2. The molecule has 9 heteroatoms. The molecule has 0 bridgehead atoms. The Bertz CT molecular complexity index is 1310. The molecule has 0 aliphatic rings. The number of nitriles is 2. The first kappa shape index (κ1) is 21.9. The molecule has 4 N–H and O–H groups in total. The third-order valence-corrected chi connectivity index (χ3v) is 4.61. The number of carbonyl (C=O) groups is 1. The summed E-state index contributed by atoms with van der Waals surface area (Å²) >= 11 is 0. The van der Waals surface area contributed by atoms with Crippen LogP contribution >= 0.6 is 0 Å². The minimum absolute atomic E-state index is 0.0330. The number of aromatic amines is 1. The molecule has 3 aromatic rings. The first-order valence-electron chi connectivity index (χ1n) is 9.41. The van der Waals surface area contributed by atoms with E-state index in [9.17, 15) is 20.1 Å². The van der Waals surface area contributed by atoms with E-state index >= 15 is 0 Å². The highest BCUT2D eigenvalue weighted by Gasteiger charge is 2.20. The van der Waals surface area contributed by atoms with Gasteiger partial charge in [-0.15, -0.1) is 0 Å². The number of aryl methyl sites for hydroxylation is 1. The van der Waals surface area contributed by atoms with Crippen molar-refractivity contribution in [3.8, 4) is 34.8 Å². The van der Waals surface area contributed by atoms with Crippen LogP contribution in [0.5, 0.6) is 11.5 Å². The average molecular weight is 429 g/mol. The van der Waals surface area contributed by atoms with Crippen molar-refractivity contribution < 1.29 is 14.3 Å². The van der Waals surface area contributed by atoms with Crippen LogP contribution in [0.4, 0.5) is 11.5 Å². The monoisotopic (exact) mass is 429 g/mol. The van der Waals surface area contributed by atoms with Crippen molar-refractivity contribution in [3.05, 3.63) is 69.5 Å². The zero-order valence-electron chi connectivity index (χ0n) is 17.4. The van der Waals surface area contributed by atoms with Gasteiger partial charge in [0.15, 0.2) is 18.1 Å². The lowest BCUT2D eigenvalue weighted by Crippen LogP contribution is -2.20. The zero-order valence-corrected chi connectivity index (χ0v) is 17.4. The molecule has 1 aromatic heterocycles. The smallest absolute Gasteiger partial charge is 0.268 e. The topological polar surface area (TPSA) is 154 Å². The number of pyridine rings is 1. The number of hydrogen-bond acceptors (Lipinski definition) is 7. The van der Waals surface area contributed by atoms with E-state index in [1.165, 1.54) is 19.2 Å². The summed E-state index contributed by atoms with van der Waals surface area (Å²) in [4.78, 5) is 26.6. The molecule has 0 fully saturated rings. The molecular formula is C23H19N5O4. The maximum atomic E-state index is 12.2. The number of H-pyrrole nitrogens is 1. The van der Waals surface area contributed by atoms with Gasteiger partial charge in [-0.25, -0.2) is 0 Å². The van der Waals surface area contributed by atoms with Gasteiger partial charge in [0, 0.05) is 11.3 Å². The molecule has 1 heterocycles. The van der Waals surface area contributed by atoms with E-state index in [-0.39, 0.29) is 46.5 Å². The third-order valence-electron chi connectivity index (χ3n) is 4.61. The van der Waals surface area contributed by atoms with Crippen LogP contribution in [0.3, 0.4) is 0 Å². The Kier molecular flexibility index (Phi) is 6.42. The first-order valence-corrected chi connectivity index (χ1v) is 9.41. The number of nitrogens with zero attached hydrogens (tertiary/aromatic N) is 2. The second kappa shape index (κ2) is 9.37. The van der Waals surface area contributed by atoms with E-state index in [0.29, 0.717) is 11.3 Å². The van der Waals surface area contributed by atoms with Crippen LogP contribution in [0.25, 0.3) is 11.1 Å². The number of aromatic nitrogens is 1. The number of amides is 1. The highest BCUT2D eigenvalue weighted by atomic mass is 16.5. The number of nitrogens with one attached hydrogen (secondary N) is 2. The van der Waals surface area contributed by atoms with Crippen molar-refractivity contribution in [1.29, 1.82) is 10.5 Å². The van der Waals surface area contributed by atoms with Crippen LogP contribution in [-0.2, 0) is 4.79 Å². The lowest BCUT2D eigenvalue weighted by Gasteiger charge is -2.14. The average Bonchev–Trinajstić information content (AvgIpc) is 2.78. The van der Waals surface area contributed by atoms with Gasteiger partial charge in [-0.2, -0.15) is 10.5 Å². The lowest BCUT2D eigenvalue weighted by atomic mass is 9.96. The molecule has 3 rings (SSSR count). The molecule has 0 radical (unpaired) electrons. The molecule has 0 saturated carbocycles. The second-order valence-corrected chi connectivity index (χ2v) is 6.78. The van der Waals surface area contributed by atoms with Crippen LogP contribution < -0.4 is 26.1 Å². The largest absolute Gasteiger partial charge is 0.493 e. The van der Waals surface area contributed by atoms with E-state index in [0.717, 1.165) is 5.56 Å². The fraction of sp³-hybridized carbons (Fsp3) is 0.130. The van der Waals surface area contributed by atoms with Crippen LogP contribution in [-0.4, -0.2) is 24.6 Å². The standard InChI is InChI=1S/C23H19N5O4/c1-13-3-6-15(7-4-13)27-20(29)12-32-18-8-5-14(9-19(18)31-2)21-16(10-24)22(26)28-23(30)17(21)11-25/h3-9H,12H2,1-2H3,(H,27,29)(H3,26,28,30). The zero-order chi connectivity index (χ0) is 23.3. The molecule has 0 spiro atoms. The van der Waals surface area contributed by atoms with Gasteiger partial charge in [0.05, 0.1) is 7.11 Å². The number of anilines is 2. The molecule has 0 saturated heterocycles. The maximum absolute atomic E-state index is 12.2. The number of nitrogens with two attached hydrogens (primary N) is 1. The predicted octanol–water partition coefficient (Wildman–Crippen LogP) is 2.70. The second-order valence-electron chi connectivity index (χ2n) is 6.78. The van der Waals surface area contributed by atoms with E-state index in [4.69, 9.17) is 15.2 Å². The molecule has 0 aliphatic carbocycles. The molecule has 160 valence electrons. The van der Waals surface area contributed by atoms with Crippen LogP contribution in [0, 0.1) is 29.6 Å². The molecule has 0 unspecified atom stereocenters. The van der Waals surface area contributed by atoms with Crippen molar-refractivity contribution in [2.75, 3.05) is 24.8 Å². The van der Waals surface area contributed by atoms with E-state index < -0.39 is 5.56 Å². The molecule has 2 aromatic carbocycles. The summed E-state index contributed by atoms with van der Waals surface area (Å²) in [5.74, 6) is 0.0156. The fourth-order valence-corrected chi connectivity index (χ4v) is 3.05. The van der Waals surface area contributed by atoms with Gasteiger partial charge in [-0.05, 0) is 36.8 Å². The Morgan fingerprint density at radius 3 is 2.41 bits per heavy atom. The van der Waals surface area contributed by atoms with Gasteiger partial charge in [0.1, 0.15) is 29.1 Å². The van der Waals surface area contributed by atoms with Crippen molar-refractivity contribution in [1.82, 2.24) is 4.98 Å². The highest BCUT2D eigenvalue weighted by molar-refractivity contribution is 5.92. The van der Waals surface area contributed by atoms with Crippen molar-refractivity contribution in [3.63, 3.8) is 0 Å². The maximum Gasteiger partial charge on any atom is 0.268 e. The molecule has 0 aliphatic heterocycles. The van der Waals surface area contributed by atoms with E-state index in [1.54, 1.807) is 18.2 Å². The number of hydrogen-bond donors (Lipinski definition) is 3. The number of nitrogen functional groups attached to an aromatic ring is 1. The van der Waals surface area contributed by atoms with E-state index in [2.05, 4.69) is 10.3 Å². The molecule has 9 nitrogen and oxygen atoms in total. The van der Waals surface area contributed by atoms with Crippen LogP contribution in [0.15, 0.2) is 47.3 Å². The van der Waals surface area contributed by atoms with Crippen molar-refractivity contribution in [2.45, 2.75) is 6.92 Å². The Morgan fingerprint density at radius 1 is 1.09 bits per heavy atom. The Balaban J connectivity index is 1.87. The molecule has 1 amide bonds. The third kappa shape index (κ3) is 4.53. The van der Waals surface area contributed by atoms with E-state index in [1.807, 2.05) is 31.2 Å². The summed E-state index contributed by atoms with van der Waals surface area (Å²) in [6, 6.07) is 15.6. The predicted molar refractivity (Wildman–Crippen MR) is 118 cm³/mol. The summed E-state index contributed by atoms with van der Waals surface area (Å²) in [5, 5.41) is 21.6. The van der Waals surface area contributed by atoms with Gasteiger partial charge in [-0.3, -0.25) is 9.59 Å². The summed E-state index contributed by atoms with van der Waals surface area (Å²) in [6.45, 7) is 1.68. The number of carbonyl (C=O) groups excluding carboxylic acids is 1. The first-order chi connectivity index (χ1) is 15.4.